The third-order valence-corrected chi connectivity index (χ3v) is 4.61. The first kappa shape index (κ1) is 14.8. The highest BCUT2D eigenvalue weighted by Crippen LogP contribution is 2.34. The Labute approximate surface area is 140 Å². The topological polar surface area (TPSA) is 75.9 Å². The second-order valence-electron chi connectivity index (χ2n) is 6.07. The summed E-state index contributed by atoms with van der Waals surface area (Å²) in [5.74, 6) is 0.424. The van der Waals surface area contributed by atoms with Crippen molar-refractivity contribution in [3.05, 3.63) is 54.5 Å². The number of nitrogens with one attached hydrogen (secondary N) is 1. The smallest absolute Gasteiger partial charge is 0.113 e. The molecule has 0 amide bonds. The molecule has 0 bridgehead atoms. The van der Waals surface area contributed by atoms with Gasteiger partial charge in [-0.15, -0.1) is 9.94 Å². The van der Waals surface area contributed by atoms with Gasteiger partial charge in [0.2, 0.25) is 0 Å². The summed E-state index contributed by atoms with van der Waals surface area (Å²) >= 11 is 0. The lowest BCUT2D eigenvalue weighted by atomic mass is 9.88. The Morgan fingerprint density at radius 2 is 1.83 bits per heavy atom. The van der Waals surface area contributed by atoms with Gasteiger partial charge in [-0.25, -0.2) is 0 Å². The van der Waals surface area contributed by atoms with E-state index >= 15 is 0 Å². The number of aromatic nitrogens is 4. The molecule has 2 N–H and O–H groups in total. The molecule has 3 heterocycles. The number of piperidine rings is 1. The van der Waals surface area contributed by atoms with E-state index in [1.807, 2.05) is 24.3 Å². The molecule has 0 unspecified atom stereocenters. The molecule has 6 heteroatoms. The molecule has 0 atom stereocenters. The molecule has 0 spiro atoms. The van der Waals surface area contributed by atoms with Crippen molar-refractivity contribution in [3.8, 4) is 22.4 Å². The standard InChI is InChI=1S/C18H19N5O/c24-23-18(17(12-22-23)13-4-7-19-8-5-13)15-3-1-2-14(10-15)16-6-9-20-21-11-16/h1-3,6,9-13,19,24H,4-5,7-8H2. The van der Waals surface area contributed by atoms with Crippen LogP contribution in [0.25, 0.3) is 22.4 Å². The van der Waals surface area contributed by atoms with Crippen LogP contribution in [0.5, 0.6) is 0 Å². The largest absolute Gasteiger partial charge is 0.411 e. The second kappa shape index (κ2) is 6.41. The van der Waals surface area contributed by atoms with E-state index < -0.39 is 0 Å². The van der Waals surface area contributed by atoms with Gasteiger partial charge in [0, 0.05) is 16.7 Å². The van der Waals surface area contributed by atoms with E-state index in [2.05, 4.69) is 26.7 Å². The summed E-state index contributed by atoms with van der Waals surface area (Å²) in [6.45, 7) is 2.01. The minimum Gasteiger partial charge on any atom is -0.411 e. The maximum atomic E-state index is 10.2. The van der Waals surface area contributed by atoms with E-state index in [0.29, 0.717) is 5.92 Å². The van der Waals surface area contributed by atoms with Gasteiger partial charge in [-0.05, 0) is 49.5 Å². The first-order valence-corrected chi connectivity index (χ1v) is 8.18. The summed E-state index contributed by atoms with van der Waals surface area (Å²) < 4.78 is 0. The summed E-state index contributed by atoms with van der Waals surface area (Å²) in [6, 6.07) is 10.0. The fourth-order valence-electron chi connectivity index (χ4n) is 3.37. The van der Waals surface area contributed by atoms with Crippen molar-refractivity contribution in [1.29, 1.82) is 0 Å². The third kappa shape index (κ3) is 2.76. The molecule has 1 fully saturated rings. The van der Waals surface area contributed by atoms with Gasteiger partial charge in [0.05, 0.1) is 18.6 Å². The van der Waals surface area contributed by atoms with Gasteiger partial charge in [0.1, 0.15) is 5.69 Å². The third-order valence-electron chi connectivity index (χ3n) is 4.61. The van der Waals surface area contributed by atoms with Gasteiger partial charge < -0.3 is 10.5 Å². The van der Waals surface area contributed by atoms with E-state index in [9.17, 15) is 5.21 Å². The average molecular weight is 321 g/mol. The SMILES string of the molecule is On1ncc(C2CCNCC2)c1-c1cccc(-c2ccnnc2)c1. The van der Waals surface area contributed by atoms with E-state index in [0.717, 1.165) is 58.7 Å². The molecule has 2 aromatic heterocycles. The zero-order chi connectivity index (χ0) is 16.4. The number of benzene rings is 1. The lowest BCUT2D eigenvalue weighted by Gasteiger charge is -2.22. The average Bonchev–Trinajstić information content (AvgIpc) is 3.05. The highest BCUT2D eigenvalue weighted by atomic mass is 16.5. The normalized spacial score (nSPS) is 15.5. The van der Waals surface area contributed by atoms with Crippen LogP contribution in [-0.2, 0) is 0 Å². The van der Waals surface area contributed by atoms with Crippen molar-refractivity contribution in [1.82, 2.24) is 25.5 Å². The summed E-state index contributed by atoms with van der Waals surface area (Å²) in [7, 11) is 0. The fourth-order valence-corrected chi connectivity index (χ4v) is 3.37. The van der Waals surface area contributed by atoms with Gasteiger partial charge in [0.25, 0.3) is 0 Å². The molecule has 0 saturated carbocycles. The molecule has 3 aromatic rings. The van der Waals surface area contributed by atoms with Crippen molar-refractivity contribution < 1.29 is 5.21 Å². The van der Waals surface area contributed by atoms with Crippen LogP contribution in [0, 0.1) is 0 Å². The van der Waals surface area contributed by atoms with Gasteiger partial charge >= 0.3 is 0 Å². The molecule has 1 aliphatic rings. The summed E-state index contributed by atoms with van der Waals surface area (Å²) in [4.78, 5) is 1.00. The van der Waals surface area contributed by atoms with Crippen LogP contribution in [0.3, 0.4) is 0 Å². The molecule has 1 saturated heterocycles. The molecule has 1 aromatic carbocycles. The van der Waals surface area contributed by atoms with Crippen molar-refractivity contribution in [3.63, 3.8) is 0 Å². The van der Waals surface area contributed by atoms with Gasteiger partial charge in [0.15, 0.2) is 0 Å². The van der Waals surface area contributed by atoms with Crippen molar-refractivity contribution in [2.45, 2.75) is 18.8 Å². The van der Waals surface area contributed by atoms with Crippen LogP contribution >= 0.6 is 0 Å². The number of nitrogens with zero attached hydrogens (tertiary/aromatic N) is 4. The first-order valence-electron chi connectivity index (χ1n) is 8.18. The monoisotopic (exact) mass is 321 g/mol. The van der Waals surface area contributed by atoms with Crippen LogP contribution in [0.4, 0.5) is 0 Å². The molecule has 0 aliphatic carbocycles. The van der Waals surface area contributed by atoms with Crippen LogP contribution in [0.15, 0.2) is 48.9 Å². The molecule has 6 nitrogen and oxygen atoms in total. The van der Waals surface area contributed by atoms with Gasteiger partial charge in [-0.2, -0.15) is 10.2 Å². The molecular weight excluding hydrogens is 302 g/mol. The highest BCUT2D eigenvalue weighted by molar-refractivity contribution is 5.72. The first-order chi connectivity index (χ1) is 11.8. The number of hydrogen-bond donors (Lipinski definition) is 2. The zero-order valence-corrected chi connectivity index (χ0v) is 13.3. The van der Waals surface area contributed by atoms with E-state index in [1.54, 1.807) is 18.6 Å². The Hall–Kier alpha value is -2.73. The van der Waals surface area contributed by atoms with E-state index in [-0.39, 0.29) is 0 Å². The van der Waals surface area contributed by atoms with Gasteiger partial charge in [-0.3, -0.25) is 0 Å². The summed E-state index contributed by atoms with van der Waals surface area (Å²) in [6.07, 6.45) is 7.34. The fraction of sp³-hybridized carbons (Fsp3) is 0.278. The second-order valence-corrected chi connectivity index (χ2v) is 6.07. The Bertz CT molecular complexity index is 824. The van der Waals surface area contributed by atoms with E-state index in [1.165, 1.54) is 0 Å². The molecule has 24 heavy (non-hydrogen) atoms. The summed E-state index contributed by atoms with van der Waals surface area (Å²) in [5.41, 5.74) is 4.90. The number of rotatable bonds is 3. The maximum absolute atomic E-state index is 10.2. The number of hydrogen-bond acceptors (Lipinski definition) is 5. The summed E-state index contributed by atoms with van der Waals surface area (Å²) in [5, 5.41) is 25.5. The van der Waals surface area contributed by atoms with Crippen molar-refractivity contribution >= 4 is 0 Å². The Kier molecular flexibility index (Phi) is 3.96. The molecule has 1 aliphatic heterocycles. The minimum atomic E-state index is 0.424. The molecular formula is C18H19N5O. The predicted octanol–water partition coefficient (Wildman–Crippen LogP) is 2.71. The lowest BCUT2D eigenvalue weighted by molar-refractivity contribution is 0.153. The highest BCUT2D eigenvalue weighted by Gasteiger charge is 2.23. The molecule has 4 rings (SSSR count). The van der Waals surface area contributed by atoms with Crippen LogP contribution in [0.1, 0.15) is 24.3 Å². The van der Waals surface area contributed by atoms with Crippen molar-refractivity contribution in [2.24, 2.45) is 0 Å². The quantitative estimate of drug-likeness (QED) is 0.725. The van der Waals surface area contributed by atoms with E-state index in [4.69, 9.17) is 0 Å². The minimum absolute atomic E-state index is 0.424. The maximum Gasteiger partial charge on any atom is 0.113 e. The Morgan fingerprint density at radius 3 is 2.62 bits per heavy atom. The van der Waals surface area contributed by atoms with Crippen LogP contribution in [-0.4, -0.2) is 38.4 Å². The lowest BCUT2D eigenvalue weighted by Crippen LogP contribution is -2.26. The Balaban J connectivity index is 1.75. The zero-order valence-electron chi connectivity index (χ0n) is 13.3. The van der Waals surface area contributed by atoms with Gasteiger partial charge in [-0.1, -0.05) is 18.2 Å². The molecule has 122 valence electrons. The molecule has 0 radical (unpaired) electrons. The predicted molar refractivity (Wildman–Crippen MR) is 90.7 cm³/mol. The Morgan fingerprint density at radius 1 is 1.00 bits per heavy atom. The van der Waals surface area contributed by atoms with Crippen LogP contribution < -0.4 is 5.32 Å². The van der Waals surface area contributed by atoms with Crippen LogP contribution in [0.2, 0.25) is 0 Å². The van der Waals surface area contributed by atoms with Crippen molar-refractivity contribution in [2.75, 3.05) is 13.1 Å².